The number of carbonyl (C=O) groups is 2. The lowest BCUT2D eigenvalue weighted by atomic mass is 10.0. The zero-order chi connectivity index (χ0) is 22.2. The summed E-state index contributed by atoms with van der Waals surface area (Å²) in [7, 11) is 4.02. The first-order valence-electron chi connectivity index (χ1n) is 10.1. The summed E-state index contributed by atoms with van der Waals surface area (Å²) < 4.78 is 0. The second-order valence-electron chi connectivity index (χ2n) is 7.45. The lowest BCUT2D eigenvalue weighted by Crippen LogP contribution is -2.35. The van der Waals surface area contributed by atoms with Gasteiger partial charge in [0.2, 0.25) is 5.91 Å². The summed E-state index contributed by atoms with van der Waals surface area (Å²) in [5.41, 5.74) is 2.52. The molecule has 0 aromatic heterocycles. The topological polar surface area (TPSA) is 61.4 Å². The molecule has 0 aliphatic heterocycles. The minimum atomic E-state index is -0.227. The molecule has 0 saturated heterocycles. The average molecular weight is 436 g/mol. The summed E-state index contributed by atoms with van der Waals surface area (Å²) in [6, 6.07) is 24.1. The standard InChI is InChI=1S/C25H26ClN3O2/c1-29(2)23(18-9-5-3-6-10-18)16-27-17-24(30)28-22-14-13-20(26)15-21(22)25(31)19-11-7-4-8-12-19/h3-15,23,27H,16-17H2,1-2H3,(H,28,30). The zero-order valence-corrected chi connectivity index (χ0v) is 18.4. The summed E-state index contributed by atoms with van der Waals surface area (Å²) in [6.45, 7) is 0.736. The SMILES string of the molecule is CN(C)C(CNCC(=O)Nc1ccc(Cl)cc1C(=O)c1ccccc1)c1ccccc1. The molecule has 0 heterocycles. The Morgan fingerprint density at radius 1 is 0.935 bits per heavy atom. The van der Waals surface area contributed by atoms with Gasteiger partial charge in [-0.1, -0.05) is 72.3 Å². The van der Waals surface area contributed by atoms with Crippen LogP contribution in [0.1, 0.15) is 27.5 Å². The number of hydrogen-bond acceptors (Lipinski definition) is 4. The third-order valence-corrected chi connectivity index (χ3v) is 5.20. The fraction of sp³-hybridized carbons (Fsp3) is 0.200. The van der Waals surface area contributed by atoms with Crippen LogP contribution in [0.15, 0.2) is 78.9 Å². The van der Waals surface area contributed by atoms with Crippen LogP contribution in [0.2, 0.25) is 5.02 Å². The summed E-state index contributed by atoms with van der Waals surface area (Å²) in [5, 5.41) is 6.49. The fourth-order valence-electron chi connectivity index (χ4n) is 3.35. The summed E-state index contributed by atoms with van der Waals surface area (Å²) in [4.78, 5) is 27.6. The van der Waals surface area contributed by atoms with Crippen molar-refractivity contribution in [2.45, 2.75) is 6.04 Å². The maximum Gasteiger partial charge on any atom is 0.238 e. The van der Waals surface area contributed by atoms with Crippen molar-refractivity contribution in [1.82, 2.24) is 10.2 Å². The maximum atomic E-state index is 12.9. The number of nitrogens with one attached hydrogen (secondary N) is 2. The molecule has 0 saturated carbocycles. The van der Waals surface area contributed by atoms with Crippen molar-refractivity contribution in [2.75, 3.05) is 32.5 Å². The Morgan fingerprint density at radius 3 is 2.23 bits per heavy atom. The molecule has 0 aliphatic carbocycles. The van der Waals surface area contributed by atoms with Crippen molar-refractivity contribution >= 4 is 29.0 Å². The first kappa shape index (κ1) is 22.7. The van der Waals surface area contributed by atoms with Gasteiger partial charge < -0.3 is 15.5 Å². The van der Waals surface area contributed by atoms with E-state index in [0.29, 0.717) is 28.4 Å². The Balaban J connectivity index is 1.65. The van der Waals surface area contributed by atoms with Gasteiger partial charge in [-0.05, 0) is 37.9 Å². The Labute approximate surface area is 188 Å². The molecule has 0 bridgehead atoms. The number of halogens is 1. The smallest absolute Gasteiger partial charge is 0.238 e. The van der Waals surface area contributed by atoms with E-state index in [0.717, 1.165) is 0 Å². The Bertz CT molecular complexity index is 1020. The first-order valence-corrected chi connectivity index (χ1v) is 10.4. The van der Waals surface area contributed by atoms with E-state index in [1.807, 2.05) is 38.4 Å². The number of ketones is 1. The molecule has 0 radical (unpaired) electrons. The molecule has 5 nitrogen and oxygen atoms in total. The Kier molecular flexibility index (Phi) is 7.95. The molecule has 1 unspecified atom stereocenters. The Morgan fingerprint density at radius 2 is 1.58 bits per heavy atom. The van der Waals surface area contributed by atoms with Crippen molar-refractivity contribution in [3.8, 4) is 0 Å². The van der Waals surface area contributed by atoms with Crippen LogP contribution in [0.4, 0.5) is 5.69 Å². The van der Waals surface area contributed by atoms with Gasteiger partial charge in [0.05, 0.1) is 12.2 Å². The van der Waals surface area contributed by atoms with Gasteiger partial charge in [-0.2, -0.15) is 0 Å². The van der Waals surface area contributed by atoms with Gasteiger partial charge in [0.25, 0.3) is 0 Å². The van der Waals surface area contributed by atoms with Crippen LogP contribution in [0.25, 0.3) is 0 Å². The maximum absolute atomic E-state index is 12.9. The van der Waals surface area contributed by atoms with E-state index >= 15 is 0 Å². The second-order valence-corrected chi connectivity index (χ2v) is 7.89. The minimum absolute atomic E-state index is 0.124. The molecule has 0 spiro atoms. The van der Waals surface area contributed by atoms with E-state index in [4.69, 9.17) is 11.6 Å². The van der Waals surface area contributed by atoms with E-state index in [2.05, 4.69) is 27.7 Å². The molecule has 3 aromatic rings. The highest BCUT2D eigenvalue weighted by atomic mass is 35.5. The van der Waals surface area contributed by atoms with Gasteiger partial charge in [0.1, 0.15) is 0 Å². The predicted molar refractivity (Wildman–Crippen MR) is 126 cm³/mol. The lowest BCUT2D eigenvalue weighted by molar-refractivity contribution is -0.115. The third-order valence-electron chi connectivity index (χ3n) is 4.97. The number of nitrogens with zero attached hydrogens (tertiary/aromatic N) is 1. The van der Waals surface area contributed by atoms with Crippen molar-refractivity contribution in [2.24, 2.45) is 0 Å². The second kappa shape index (κ2) is 10.9. The van der Waals surface area contributed by atoms with E-state index in [1.54, 1.807) is 42.5 Å². The molecule has 0 aliphatic rings. The van der Waals surface area contributed by atoms with Crippen LogP contribution in [-0.4, -0.2) is 43.8 Å². The van der Waals surface area contributed by atoms with Crippen molar-refractivity contribution in [3.05, 3.63) is 101 Å². The molecule has 1 atom stereocenters. The highest BCUT2D eigenvalue weighted by Gasteiger charge is 2.17. The number of amides is 1. The van der Waals surface area contributed by atoms with Gasteiger partial charge in [0, 0.05) is 28.7 Å². The summed E-state index contributed by atoms with van der Waals surface area (Å²) in [5.74, 6) is -0.418. The quantitative estimate of drug-likeness (QED) is 0.489. The van der Waals surface area contributed by atoms with Crippen LogP contribution < -0.4 is 10.6 Å². The largest absolute Gasteiger partial charge is 0.324 e. The average Bonchev–Trinajstić information content (AvgIpc) is 2.78. The van der Waals surface area contributed by atoms with Gasteiger partial charge in [0.15, 0.2) is 5.78 Å². The van der Waals surface area contributed by atoms with E-state index < -0.39 is 0 Å². The van der Waals surface area contributed by atoms with E-state index in [-0.39, 0.29) is 24.3 Å². The minimum Gasteiger partial charge on any atom is -0.324 e. The number of anilines is 1. The summed E-state index contributed by atoms with van der Waals surface area (Å²) in [6.07, 6.45) is 0. The number of hydrogen-bond donors (Lipinski definition) is 2. The van der Waals surface area contributed by atoms with E-state index in [9.17, 15) is 9.59 Å². The highest BCUT2D eigenvalue weighted by Crippen LogP contribution is 2.24. The van der Waals surface area contributed by atoms with Crippen LogP contribution in [0.5, 0.6) is 0 Å². The van der Waals surface area contributed by atoms with E-state index in [1.165, 1.54) is 5.56 Å². The van der Waals surface area contributed by atoms with Gasteiger partial charge in [-0.25, -0.2) is 0 Å². The predicted octanol–water partition coefficient (Wildman–Crippen LogP) is 4.40. The number of rotatable bonds is 9. The van der Waals surface area contributed by atoms with Crippen LogP contribution in [0, 0.1) is 0 Å². The Hall–Kier alpha value is -2.99. The molecule has 6 heteroatoms. The molecule has 2 N–H and O–H groups in total. The molecule has 0 fully saturated rings. The molecule has 3 aromatic carbocycles. The molecule has 31 heavy (non-hydrogen) atoms. The van der Waals surface area contributed by atoms with Crippen LogP contribution >= 0.6 is 11.6 Å². The third kappa shape index (κ3) is 6.25. The molecular weight excluding hydrogens is 410 g/mol. The van der Waals surface area contributed by atoms with Gasteiger partial charge in [-0.15, -0.1) is 0 Å². The fourth-order valence-corrected chi connectivity index (χ4v) is 3.52. The molecule has 1 amide bonds. The molecule has 160 valence electrons. The number of likely N-dealkylation sites (N-methyl/N-ethyl adjacent to an activating group) is 1. The first-order chi connectivity index (χ1) is 15.0. The highest BCUT2D eigenvalue weighted by molar-refractivity contribution is 6.31. The van der Waals surface area contributed by atoms with Gasteiger partial charge in [-0.3, -0.25) is 9.59 Å². The monoisotopic (exact) mass is 435 g/mol. The van der Waals surface area contributed by atoms with Crippen molar-refractivity contribution in [1.29, 1.82) is 0 Å². The normalized spacial score (nSPS) is 11.9. The van der Waals surface area contributed by atoms with Crippen molar-refractivity contribution in [3.63, 3.8) is 0 Å². The van der Waals surface area contributed by atoms with Crippen LogP contribution in [-0.2, 0) is 4.79 Å². The lowest BCUT2D eigenvalue weighted by Gasteiger charge is -2.25. The summed E-state index contributed by atoms with van der Waals surface area (Å²) >= 11 is 6.11. The van der Waals surface area contributed by atoms with Crippen LogP contribution in [0.3, 0.4) is 0 Å². The molecule has 3 rings (SSSR count). The zero-order valence-electron chi connectivity index (χ0n) is 17.6. The molecular formula is C25H26ClN3O2. The number of benzene rings is 3. The van der Waals surface area contributed by atoms with Gasteiger partial charge >= 0.3 is 0 Å². The number of carbonyl (C=O) groups excluding carboxylic acids is 2. The van der Waals surface area contributed by atoms with Crippen molar-refractivity contribution < 1.29 is 9.59 Å².